The number of rotatable bonds is 10. The molecule has 0 radical (unpaired) electrons. The van der Waals surface area contributed by atoms with Gasteiger partial charge in [-0.15, -0.1) is 0 Å². The number of methoxy groups -OCH3 is 2. The summed E-state index contributed by atoms with van der Waals surface area (Å²) in [6.45, 7) is -0.587. The average Bonchev–Trinajstić information content (AvgIpc) is 2.85. The predicted molar refractivity (Wildman–Crippen MR) is 105 cm³/mol. The molecule has 4 heteroatoms. The molecule has 1 atom stereocenters. The summed E-state index contributed by atoms with van der Waals surface area (Å²) in [6.07, 6.45) is -14.8. The molecule has 1 unspecified atom stereocenters. The predicted octanol–water partition coefficient (Wildman–Crippen LogP) is 4.47. The largest absolute Gasteiger partial charge is 0.493 e. The number of hydrogen-bond acceptors (Lipinski definition) is 4. The van der Waals surface area contributed by atoms with E-state index >= 15 is 0 Å². The van der Waals surface area contributed by atoms with Gasteiger partial charge >= 0.3 is 0 Å². The van der Waals surface area contributed by atoms with E-state index < -0.39 is 104 Å². The van der Waals surface area contributed by atoms with Gasteiger partial charge in [0.15, 0.2) is 11.5 Å². The summed E-state index contributed by atoms with van der Waals surface area (Å²) in [5.41, 5.74) is -0.731. The van der Waals surface area contributed by atoms with Gasteiger partial charge in [0.1, 0.15) is 12.3 Å². The molecule has 2 aromatic rings. The summed E-state index contributed by atoms with van der Waals surface area (Å²) in [6, 6.07) is -4.91. The minimum atomic E-state index is -3.50. The first kappa shape index (κ1) is 7.08. The molecule has 0 aromatic heterocycles. The van der Waals surface area contributed by atoms with Crippen molar-refractivity contribution in [1.82, 2.24) is 0 Å². The van der Waals surface area contributed by atoms with Crippen LogP contribution in [0.15, 0.2) is 36.3 Å². The first-order chi connectivity index (χ1) is 19.2. The van der Waals surface area contributed by atoms with Gasteiger partial charge in [-0.25, -0.2) is 0 Å². The van der Waals surface area contributed by atoms with Gasteiger partial charge in [0, 0.05) is 8.22 Å². The van der Waals surface area contributed by atoms with Gasteiger partial charge < -0.3 is 19.3 Å². The molecule has 0 aliphatic heterocycles. The van der Waals surface area contributed by atoms with Crippen LogP contribution in [0.5, 0.6) is 17.2 Å². The number of aliphatic hydroxyl groups is 1. The zero-order valence-corrected chi connectivity index (χ0v) is 14.5. The maximum absolute atomic E-state index is 10.7. The van der Waals surface area contributed by atoms with Gasteiger partial charge in [-0.2, -0.15) is 0 Å². The van der Waals surface area contributed by atoms with Gasteiger partial charge in [-0.1, -0.05) is 18.5 Å². The van der Waals surface area contributed by atoms with Crippen LogP contribution in [0.4, 0.5) is 0 Å². The maximum atomic E-state index is 10.7. The van der Waals surface area contributed by atoms with Crippen molar-refractivity contribution in [2.75, 3.05) is 20.7 Å². The molecular weight excluding hydrogens is 328 g/mol. The highest BCUT2D eigenvalue weighted by Gasteiger charge is 2.07. The second-order valence-electron chi connectivity index (χ2n) is 4.97. The number of benzene rings is 2. The van der Waals surface area contributed by atoms with Gasteiger partial charge in [0.2, 0.25) is 0 Å². The van der Waals surface area contributed by atoms with Crippen LogP contribution in [0.3, 0.4) is 0 Å². The molecule has 0 bridgehead atoms. The van der Waals surface area contributed by atoms with Crippen molar-refractivity contribution in [2.24, 2.45) is 0 Å². The Morgan fingerprint density at radius 1 is 1.12 bits per heavy atom. The zero-order valence-electron chi connectivity index (χ0n) is 31.5. The van der Waals surface area contributed by atoms with E-state index in [9.17, 15) is 5.11 Å². The Morgan fingerprint density at radius 2 is 1.96 bits per heavy atom. The molecule has 0 saturated heterocycles. The van der Waals surface area contributed by atoms with Gasteiger partial charge in [0.05, 0.1) is 35.3 Å². The Bertz CT molecular complexity index is 1360. The minimum Gasteiger partial charge on any atom is -0.493 e. The second-order valence-corrected chi connectivity index (χ2v) is 4.97. The SMILES string of the molecule is [2H]c1c([2H])c(OC([2H])([2H])C(O)C([2H])([2H])CC([2H])([2H])C([2H])([2H])c2c([2H])c([2H])c(OC([2H])([2H])[2H])c(OC)c2[2H])c([2H])c(C)c1C. The van der Waals surface area contributed by atoms with Crippen molar-refractivity contribution in [3.8, 4) is 17.2 Å². The highest BCUT2D eigenvalue weighted by molar-refractivity contribution is 5.42. The van der Waals surface area contributed by atoms with Crippen LogP contribution in [0.1, 0.15) is 59.2 Å². The quantitative estimate of drug-likeness (QED) is 0.665. The molecule has 0 fully saturated rings. The molecule has 2 rings (SSSR count). The fourth-order valence-corrected chi connectivity index (χ4v) is 1.68. The van der Waals surface area contributed by atoms with E-state index in [-0.39, 0.29) is 11.1 Å². The second kappa shape index (κ2) is 10.1. The molecule has 0 aliphatic carbocycles. The molecule has 2 aromatic carbocycles. The van der Waals surface area contributed by atoms with Crippen molar-refractivity contribution < 1.29 is 42.6 Å². The Kier molecular flexibility index (Phi) is 2.74. The highest BCUT2D eigenvalue weighted by Crippen LogP contribution is 2.28. The standard InChI is InChI=1S/C22H30O4/c1-16-9-11-20(13-17(16)2)26-15-19(23)8-6-5-7-18-10-12-21(24-3)22(14-18)25-4/h9-14,19,23H,5-8,15H2,1-4H3/i3D3,5D2,7D2,8D2,9D,10D,11D,12D,13D,14D,15D2. The summed E-state index contributed by atoms with van der Waals surface area (Å²) in [5, 5.41) is 10.7. The van der Waals surface area contributed by atoms with Crippen LogP contribution < -0.4 is 14.2 Å². The maximum Gasteiger partial charge on any atom is 0.160 e. The molecule has 26 heavy (non-hydrogen) atoms. The lowest BCUT2D eigenvalue weighted by Gasteiger charge is -2.13. The third kappa shape index (κ3) is 5.95. The Hall–Kier alpha value is -2.20. The van der Waals surface area contributed by atoms with Crippen LogP contribution in [-0.4, -0.2) is 31.9 Å². The summed E-state index contributed by atoms with van der Waals surface area (Å²) in [5.74, 6) is -2.49. The molecule has 142 valence electrons. The zero-order chi connectivity index (χ0) is 33.8. The van der Waals surface area contributed by atoms with Gasteiger partial charge in [-0.05, 0) is 73.8 Å². The fraction of sp³-hybridized carbons (Fsp3) is 0.455. The lowest BCUT2D eigenvalue weighted by atomic mass is 10.0. The van der Waals surface area contributed by atoms with Crippen molar-refractivity contribution in [3.63, 3.8) is 0 Å². The molecule has 0 saturated carbocycles. The third-order valence-electron chi connectivity index (χ3n) is 3.15. The highest BCUT2D eigenvalue weighted by atomic mass is 16.5. The van der Waals surface area contributed by atoms with Crippen LogP contribution in [-0.2, 0) is 6.37 Å². The number of ether oxygens (including phenoxy) is 3. The normalized spacial score (nSPS) is 24.1. The lowest BCUT2D eigenvalue weighted by Crippen LogP contribution is -2.17. The summed E-state index contributed by atoms with van der Waals surface area (Å²) in [4.78, 5) is 0. The smallest absolute Gasteiger partial charge is 0.160 e. The Balaban J connectivity index is 2.56. The summed E-state index contributed by atoms with van der Waals surface area (Å²) < 4.78 is 152. The van der Waals surface area contributed by atoms with E-state index in [1.807, 2.05) is 0 Å². The van der Waals surface area contributed by atoms with Crippen LogP contribution >= 0.6 is 0 Å². The van der Waals surface area contributed by atoms with E-state index in [1.54, 1.807) is 0 Å². The van der Waals surface area contributed by atoms with Crippen LogP contribution in [0.25, 0.3) is 0 Å². The molecule has 0 heterocycles. The Morgan fingerprint density at radius 3 is 2.73 bits per heavy atom. The molecule has 0 amide bonds. The first-order valence-corrected chi connectivity index (χ1v) is 7.47. The van der Waals surface area contributed by atoms with Gasteiger partial charge in [0.25, 0.3) is 0 Å². The number of hydrogen-bond donors (Lipinski definition) is 1. The van der Waals surface area contributed by atoms with Crippen molar-refractivity contribution in [2.45, 2.75) is 45.5 Å². The summed E-state index contributed by atoms with van der Waals surface area (Å²) in [7, 11) is -2.23. The number of aliphatic hydroxyl groups excluding tert-OH is 1. The summed E-state index contributed by atoms with van der Waals surface area (Å²) >= 11 is 0. The van der Waals surface area contributed by atoms with Crippen LogP contribution in [0, 0.1) is 13.8 Å². The van der Waals surface area contributed by atoms with E-state index in [4.69, 9.17) is 32.8 Å². The average molecular weight is 376 g/mol. The van der Waals surface area contributed by atoms with Crippen molar-refractivity contribution in [1.29, 1.82) is 0 Å². The molecule has 1 N–H and O–H groups in total. The lowest BCUT2D eigenvalue weighted by molar-refractivity contribution is 0.0976. The van der Waals surface area contributed by atoms with E-state index in [0.717, 1.165) is 7.11 Å². The van der Waals surface area contributed by atoms with E-state index in [1.165, 1.54) is 13.8 Å². The molecule has 4 nitrogen and oxygen atoms in total. The van der Waals surface area contributed by atoms with Crippen molar-refractivity contribution >= 4 is 0 Å². The third-order valence-corrected chi connectivity index (χ3v) is 3.15. The topological polar surface area (TPSA) is 47.9 Å². The fourth-order valence-electron chi connectivity index (χ4n) is 1.68. The monoisotopic (exact) mass is 375 g/mol. The minimum absolute atomic E-state index is 0.158. The van der Waals surface area contributed by atoms with Crippen LogP contribution in [0.2, 0.25) is 0 Å². The molecule has 0 aliphatic rings. The Labute approximate surface area is 180 Å². The van der Waals surface area contributed by atoms with E-state index in [2.05, 4.69) is 4.74 Å². The van der Waals surface area contributed by atoms with Gasteiger partial charge in [-0.3, -0.25) is 0 Å². The van der Waals surface area contributed by atoms with Crippen molar-refractivity contribution in [3.05, 3.63) is 52.9 Å². The molecular formula is C22H30O4. The molecule has 0 spiro atoms. The van der Waals surface area contributed by atoms with E-state index in [0.29, 0.717) is 0 Å². The first-order valence-electron chi connectivity index (χ1n) is 16.0.